The zero-order chi connectivity index (χ0) is 13.0. The third kappa shape index (κ3) is 2.82. The summed E-state index contributed by atoms with van der Waals surface area (Å²) in [6.45, 7) is 2.54. The molecule has 1 N–H and O–H groups in total. The largest absolute Gasteiger partial charge is 0.380 e. The molecule has 18 heavy (non-hydrogen) atoms. The number of pyridine rings is 1. The van der Waals surface area contributed by atoms with Crippen LogP contribution in [0.2, 0.25) is 0 Å². The SMILES string of the molecule is Cc1ncccc1NCc1ccc([N+](=O)[O-])cc1. The molecule has 2 aromatic rings. The molecule has 5 heteroatoms. The lowest BCUT2D eigenvalue weighted by Gasteiger charge is -2.08. The summed E-state index contributed by atoms with van der Waals surface area (Å²) in [6.07, 6.45) is 1.74. The van der Waals surface area contributed by atoms with Crippen molar-refractivity contribution in [2.24, 2.45) is 0 Å². The number of hydrogen-bond acceptors (Lipinski definition) is 4. The highest BCUT2D eigenvalue weighted by molar-refractivity contribution is 5.47. The maximum atomic E-state index is 10.5. The molecule has 0 bridgehead atoms. The highest BCUT2D eigenvalue weighted by atomic mass is 16.6. The van der Waals surface area contributed by atoms with Crippen molar-refractivity contribution >= 4 is 11.4 Å². The van der Waals surface area contributed by atoms with Gasteiger partial charge < -0.3 is 5.32 Å². The second-order valence-corrected chi connectivity index (χ2v) is 3.91. The van der Waals surface area contributed by atoms with Gasteiger partial charge in [-0.05, 0) is 24.6 Å². The number of anilines is 1. The minimum absolute atomic E-state index is 0.108. The topological polar surface area (TPSA) is 68.1 Å². The molecule has 0 aliphatic carbocycles. The van der Waals surface area contributed by atoms with E-state index < -0.39 is 4.92 Å². The van der Waals surface area contributed by atoms with Gasteiger partial charge in [0.15, 0.2) is 0 Å². The van der Waals surface area contributed by atoms with E-state index >= 15 is 0 Å². The summed E-state index contributed by atoms with van der Waals surface area (Å²) in [7, 11) is 0. The van der Waals surface area contributed by atoms with E-state index in [9.17, 15) is 10.1 Å². The second kappa shape index (κ2) is 5.27. The molecule has 0 amide bonds. The van der Waals surface area contributed by atoms with Crippen molar-refractivity contribution in [3.63, 3.8) is 0 Å². The van der Waals surface area contributed by atoms with Crippen LogP contribution in [0.1, 0.15) is 11.3 Å². The summed E-state index contributed by atoms with van der Waals surface area (Å²) in [5.74, 6) is 0. The second-order valence-electron chi connectivity index (χ2n) is 3.91. The molecular weight excluding hydrogens is 230 g/mol. The van der Waals surface area contributed by atoms with E-state index in [0.717, 1.165) is 16.9 Å². The number of non-ortho nitro benzene ring substituents is 1. The molecule has 0 saturated carbocycles. The van der Waals surface area contributed by atoms with E-state index in [-0.39, 0.29) is 5.69 Å². The zero-order valence-corrected chi connectivity index (χ0v) is 9.96. The smallest absolute Gasteiger partial charge is 0.269 e. The average molecular weight is 243 g/mol. The standard InChI is InChI=1S/C13H13N3O2/c1-10-13(3-2-8-14-10)15-9-11-4-6-12(7-5-11)16(17)18/h2-8,15H,9H2,1H3. The number of aryl methyl sites for hydroxylation is 1. The number of nitro groups is 1. The Hall–Kier alpha value is -2.43. The van der Waals surface area contributed by atoms with Gasteiger partial charge in [0.05, 0.1) is 16.3 Å². The molecule has 0 unspecified atom stereocenters. The van der Waals surface area contributed by atoms with E-state index in [0.29, 0.717) is 6.54 Å². The van der Waals surface area contributed by atoms with Gasteiger partial charge in [-0.2, -0.15) is 0 Å². The van der Waals surface area contributed by atoms with Crippen molar-refractivity contribution in [2.45, 2.75) is 13.5 Å². The minimum Gasteiger partial charge on any atom is -0.380 e. The molecule has 0 aliphatic heterocycles. The van der Waals surface area contributed by atoms with Gasteiger partial charge in [0.1, 0.15) is 0 Å². The van der Waals surface area contributed by atoms with Crippen LogP contribution in [0.15, 0.2) is 42.6 Å². The summed E-state index contributed by atoms with van der Waals surface area (Å²) in [5.41, 5.74) is 3.00. The molecule has 1 heterocycles. The predicted molar refractivity (Wildman–Crippen MR) is 69.4 cm³/mol. The lowest BCUT2D eigenvalue weighted by molar-refractivity contribution is -0.384. The number of nitrogens with one attached hydrogen (secondary N) is 1. The number of benzene rings is 1. The third-order valence-electron chi connectivity index (χ3n) is 2.64. The van der Waals surface area contributed by atoms with Crippen molar-refractivity contribution in [1.29, 1.82) is 0 Å². The Morgan fingerprint density at radius 2 is 2.00 bits per heavy atom. The highest BCUT2D eigenvalue weighted by Crippen LogP contribution is 2.15. The van der Waals surface area contributed by atoms with Gasteiger partial charge in [-0.3, -0.25) is 15.1 Å². The fourth-order valence-corrected chi connectivity index (χ4v) is 1.60. The summed E-state index contributed by atoms with van der Waals surface area (Å²) in [5, 5.41) is 13.8. The predicted octanol–water partition coefficient (Wildman–Crippen LogP) is 2.91. The number of nitrogens with zero attached hydrogens (tertiary/aromatic N) is 2. The first kappa shape index (κ1) is 12.0. The van der Waals surface area contributed by atoms with E-state index in [1.165, 1.54) is 12.1 Å². The molecule has 1 aromatic carbocycles. The lowest BCUT2D eigenvalue weighted by Crippen LogP contribution is -2.01. The molecule has 1 aromatic heterocycles. The molecule has 0 spiro atoms. The van der Waals surface area contributed by atoms with Crippen molar-refractivity contribution < 1.29 is 4.92 Å². The van der Waals surface area contributed by atoms with Gasteiger partial charge >= 0.3 is 0 Å². The first-order chi connectivity index (χ1) is 8.66. The van der Waals surface area contributed by atoms with Crippen LogP contribution in [0, 0.1) is 17.0 Å². The van der Waals surface area contributed by atoms with E-state index in [1.54, 1.807) is 18.3 Å². The molecule has 0 fully saturated rings. The molecule has 0 atom stereocenters. The van der Waals surface area contributed by atoms with Gasteiger partial charge in [-0.25, -0.2) is 0 Å². The normalized spacial score (nSPS) is 10.1. The van der Waals surface area contributed by atoms with Crippen molar-refractivity contribution in [2.75, 3.05) is 5.32 Å². The van der Waals surface area contributed by atoms with Crippen LogP contribution < -0.4 is 5.32 Å². The van der Waals surface area contributed by atoms with Crippen molar-refractivity contribution in [3.8, 4) is 0 Å². The van der Waals surface area contributed by atoms with Gasteiger partial charge in [0, 0.05) is 24.9 Å². The van der Waals surface area contributed by atoms with Crippen LogP contribution in [0.4, 0.5) is 11.4 Å². The zero-order valence-electron chi connectivity index (χ0n) is 9.96. The van der Waals surface area contributed by atoms with Gasteiger partial charge in [-0.1, -0.05) is 12.1 Å². The number of nitro benzene ring substituents is 1. The van der Waals surface area contributed by atoms with E-state index in [2.05, 4.69) is 10.3 Å². The quantitative estimate of drug-likeness (QED) is 0.662. The average Bonchev–Trinajstić information content (AvgIpc) is 2.38. The van der Waals surface area contributed by atoms with Crippen LogP contribution >= 0.6 is 0 Å². The third-order valence-corrected chi connectivity index (χ3v) is 2.64. The molecule has 2 rings (SSSR count). The number of aromatic nitrogens is 1. The Labute approximate surface area is 105 Å². The summed E-state index contributed by atoms with van der Waals surface area (Å²) in [4.78, 5) is 14.3. The van der Waals surface area contributed by atoms with Crippen LogP contribution in [-0.4, -0.2) is 9.91 Å². The van der Waals surface area contributed by atoms with Crippen LogP contribution in [0.25, 0.3) is 0 Å². The Morgan fingerprint density at radius 1 is 1.28 bits per heavy atom. The Morgan fingerprint density at radius 3 is 2.61 bits per heavy atom. The van der Waals surface area contributed by atoms with E-state index in [1.807, 2.05) is 19.1 Å². The van der Waals surface area contributed by atoms with Gasteiger partial charge in [0.25, 0.3) is 5.69 Å². The molecule has 0 radical (unpaired) electrons. The first-order valence-corrected chi connectivity index (χ1v) is 5.55. The van der Waals surface area contributed by atoms with Crippen LogP contribution in [-0.2, 0) is 6.54 Å². The van der Waals surface area contributed by atoms with Gasteiger partial charge in [-0.15, -0.1) is 0 Å². The van der Waals surface area contributed by atoms with Crippen LogP contribution in [0.5, 0.6) is 0 Å². The monoisotopic (exact) mass is 243 g/mol. The summed E-state index contributed by atoms with van der Waals surface area (Å²) < 4.78 is 0. The van der Waals surface area contributed by atoms with Crippen LogP contribution in [0.3, 0.4) is 0 Å². The van der Waals surface area contributed by atoms with Crippen molar-refractivity contribution in [1.82, 2.24) is 4.98 Å². The first-order valence-electron chi connectivity index (χ1n) is 5.55. The van der Waals surface area contributed by atoms with E-state index in [4.69, 9.17) is 0 Å². The fraction of sp³-hybridized carbons (Fsp3) is 0.154. The Bertz CT molecular complexity index is 552. The van der Waals surface area contributed by atoms with Crippen molar-refractivity contribution in [3.05, 3.63) is 64.0 Å². The molecule has 5 nitrogen and oxygen atoms in total. The highest BCUT2D eigenvalue weighted by Gasteiger charge is 2.04. The molecular formula is C13H13N3O2. The summed E-state index contributed by atoms with van der Waals surface area (Å²) >= 11 is 0. The number of rotatable bonds is 4. The summed E-state index contributed by atoms with van der Waals surface area (Å²) in [6, 6.07) is 10.3. The minimum atomic E-state index is -0.400. The molecule has 0 aliphatic rings. The Balaban J connectivity index is 2.02. The molecule has 92 valence electrons. The number of hydrogen-bond donors (Lipinski definition) is 1. The maximum absolute atomic E-state index is 10.5. The Kier molecular flexibility index (Phi) is 3.52. The maximum Gasteiger partial charge on any atom is 0.269 e. The van der Waals surface area contributed by atoms with Gasteiger partial charge in [0.2, 0.25) is 0 Å². The lowest BCUT2D eigenvalue weighted by atomic mass is 10.2. The fourth-order valence-electron chi connectivity index (χ4n) is 1.60. The molecule has 0 saturated heterocycles.